The van der Waals surface area contributed by atoms with Crippen LogP contribution in [0.15, 0.2) is 24.3 Å². The zero-order valence-corrected chi connectivity index (χ0v) is 14.1. The Balaban J connectivity index is 2.06. The van der Waals surface area contributed by atoms with Crippen LogP contribution >= 0.6 is 11.8 Å². The van der Waals surface area contributed by atoms with Gasteiger partial charge in [-0.2, -0.15) is 11.8 Å². The van der Waals surface area contributed by atoms with Crippen molar-refractivity contribution in [3.63, 3.8) is 0 Å². The molecule has 0 saturated heterocycles. The van der Waals surface area contributed by atoms with Gasteiger partial charge in [0.2, 0.25) is 0 Å². The fourth-order valence-electron chi connectivity index (χ4n) is 3.28. The highest BCUT2D eigenvalue weighted by Crippen LogP contribution is 2.30. The summed E-state index contributed by atoms with van der Waals surface area (Å²) in [6.45, 7) is 2.23. The van der Waals surface area contributed by atoms with E-state index in [1.54, 1.807) is 12.1 Å². The Morgan fingerprint density at radius 2 is 1.95 bits per heavy atom. The molecule has 1 N–H and O–H groups in total. The number of benzene rings is 1. The minimum Gasteiger partial charge on any atom is -0.306 e. The van der Waals surface area contributed by atoms with E-state index in [0.29, 0.717) is 12.1 Å². The first-order chi connectivity index (χ1) is 10.2. The van der Waals surface area contributed by atoms with E-state index < -0.39 is 0 Å². The van der Waals surface area contributed by atoms with Gasteiger partial charge >= 0.3 is 0 Å². The smallest absolute Gasteiger partial charge is 0.123 e. The Kier molecular flexibility index (Phi) is 7.05. The fraction of sp³-hybridized carbons (Fsp3) is 0.667. The molecule has 1 aromatic carbocycles. The highest BCUT2D eigenvalue weighted by molar-refractivity contribution is 7.99. The van der Waals surface area contributed by atoms with Gasteiger partial charge in [-0.3, -0.25) is 0 Å². The van der Waals surface area contributed by atoms with E-state index in [4.69, 9.17) is 0 Å². The van der Waals surface area contributed by atoms with Crippen molar-refractivity contribution >= 4 is 11.8 Å². The van der Waals surface area contributed by atoms with Gasteiger partial charge in [0.05, 0.1) is 0 Å². The number of thioether (sulfide) groups is 1. The first-order valence-electron chi connectivity index (χ1n) is 8.29. The van der Waals surface area contributed by atoms with E-state index in [0.717, 1.165) is 11.7 Å². The van der Waals surface area contributed by atoms with Crippen LogP contribution in [0.25, 0.3) is 0 Å². The summed E-state index contributed by atoms with van der Waals surface area (Å²) in [6, 6.07) is 8.02. The summed E-state index contributed by atoms with van der Waals surface area (Å²) in [5.74, 6) is -0.146. The summed E-state index contributed by atoms with van der Waals surface area (Å²) in [6.07, 6.45) is 11.1. The zero-order chi connectivity index (χ0) is 15.1. The largest absolute Gasteiger partial charge is 0.306 e. The van der Waals surface area contributed by atoms with Crippen LogP contribution in [0.2, 0.25) is 0 Å². The van der Waals surface area contributed by atoms with Crippen LogP contribution in [0.1, 0.15) is 63.5 Å². The van der Waals surface area contributed by atoms with Crippen LogP contribution < -0.4 is 5.32 Å². The lowest BCUT2D eigenvalue weighted by Gasteiger charge is -2.34. The van der Waals surface area contributed by atoms with E-state index in [-0.39, 0.29) is 5.82 Å². The topological polar surface area (TPSA) is 12.0 Å². The normalized spacial score (nSPS) is 24.0. The summed E-state index contributed by atoms with van der Waals surface area (Å²) in [7, 11) is 0. The van der Waals surface area contributed by atoms with E-state index in [1.165, 1.54) is 44.1 Å². The van der Waals surface area contributed by atoms with Crippen molar-refractivity contribution in [1.29, 1.82) is 0 Å². The van der Waals surface area contributed by atoms with Crippen molar-refractivity contribution in [2.45, 2.75) is 69.2 Å². The molecule has 118 valence electrons. The number of nitrogens with one attached hydrogen (secondary N) is 1. The second-order valence-corrected chi connectivity index (χ2v) is 7.16. The molecule has 1 aromatic rings. The van der Waals surface area contributed by atoms with Gasteiger partial charge in [-0.15, -0.1) is 0 Å². The summed E-state index contributed by atoms with van der Waals surface area (Å²) < 4.78 is 13.2. The third-order valence-corrected chi connectivity index (χ3v) is 5.71. The summed E-state index contributed by atoms with van der Waals surface area (Å²) in [4.78, 5) is 0. The standard InChI is InChI=1S/C18H28FNS/c1-3-4-7-16(14-10-12-15(19)13-11-14)20-17-8-5-6-9-18(17)21-2/h10-13,16-18,20H,3-9H2,1-2H3. The lowest BCUT2D eigenvalue weighted by molar-refractivity contribution is 0.335. The SMILES string of the molecule is CCCCC(NC1CCCCC1SC)c1ccc(F)cc1. The van der Waals surface area contributed by atoms with Crippen LogP contribution in [0.5, 0.6) is 0 Å². The van der Waals surface area contributed by atoms with Crippen LogP contribution in [0, 0.1) is 5.82 Å². The van der Waals surface area contributed by atoms with Crippen molar-refractivity contribution < 1.29 is 4.39 Å². The third kappa shape index (κ3) is 5.00. The van der Waals surface area contributed by atoms with Crippen molar-refractivity contribution in [2.24, 2.45) is 0 Å². The van der Waals surface area contributed by atoms with Crippen LogP contribution in [0.4, 0.5) is 4.39 Å². The molecule has 0 radical (unpaired) electrons. The van der Waals surface area contributed by atoms with Crippen LogP contribution in [-0.4, -0.2) is 17.5 Å². The summed E-state index contributed by atoms with van der Waals surface area (Å²) >= 11 is 1.99. The molecule has 0 heterocycles. The predicted molar refractivity (Wildman–Crippen MR) is 91.4 cm³/mol. The maximum atomic E-state index is 13.2. The molecular formula is C18H28FNS. The van der Waals surface area contributed by atoms with Crippen LogP contribution in [0.3, 0.4) is 0 Å². The maximum absolute atomic E-state index is 13.2. The predicted octanol–water partition coefficient (Wildman–Crippen LogP) is 5.32. The molecule has 0 amide bonds. The van der Waals surface area contributed by atoms with Gasteiger partial charge in [0.15, 0.2) is 0 Å². The minimum atomic E-state index is -0.146. The lowest BCUT2D eigenvalue weighted by atomic mass is 9.92. The average Bonchev–Trinajstić information content (AvgIpc) is 2.52. The van der Waals surface area contributed by atoms with Gasteiger partial charge in [0, 0.05) is 17.3 Å². The van der Waals surface area contributed by atoms with Crippen molar-refractivity contribution in [2.75, 3.05) is 6.26 Å². The molecule has 1 saturated carbocycles. The average molecular weight is 309 g/mol. The quantitative estimate of drug-likeness (QED) is 0.731. The van der Waals surface area contributed by atoms with Crippen molar-refractivity contribution in [3.05, 3.63) is 35.6 Å². The van der Waals surface area contributed by atoms with Gasteiger partial charge in [-0.05, 0) is 43.2 Å². The highest BCUT2D eigenvalue weighted by Gasteiger charge is 2.26. The second-order valence-electron chi connectivity index (χ2n) is 6.08. The molecular weight excluding hydrogens is 281 g/mol. The summed E-state index contributed by atoms with van der Waals surface area (Å²) in [5, 5.41) is 4.61. The van der Waals surface area contributed by atoms with Crippen molar-refractivity contribution in [1.82, 2.24) is 5.32 Å². The number of hydrogen-bond acceptors (Lipinski definition) is 2. The zero-order valence-electron chi connectivity index (χ0n) is 13.3. The number of halogens is 1. The highest BCUT2D eigenvalue weighted by atomic mass is 32.2. The van der Waals surface area contributed by atoms with E-state index in [1.807, 2.05) is 23.9 Å². The Morgan fingerprint density at radius 1 is 1.24 bits per heavy atom. The fourth-order valence-corrected chi connectivity index (χ4v) is 4.22. The van der Waals surface area contributed by atoms with Gasteiger partial charge in [-0.1, -0.05) is 44.7 Å². The first kappa shape index (κ1) is 16.8. The molecule has 0 spiro atoms. The Hall–Kier alpha value is -0.540. The Morgan fingerprint density at radius 3 is 2.62 bits per heavy atom. The molecule has 1 nitrogen and oxygen atoms in total. The molecule has 2 rings (SSSR count). The molecule has 1 aliphatic carbocycles. The van der Waals surface area contributed by atoms with E-state index in [9.17, 15) is 4.39 Å². The maximum Gasteiger partial charge on any atom is 0.123 e. The number of hydrogen-bond donors (Lipinski definition) is 1. The molecule has 0 aromatic heterocycles. The summed E-state index contributed by atoms with van der Waals surface area (Å²) in [5.41, 5.74) is 1.23. The molecule has 3 atom stereocenters. The third-order valence-electron chi connectivity index (χ3n) is 4.54. The number of rotatable bonds is 7. The molecule has 3 heteroatoms. The molecule has 3 unspecified atom stereocenters. The van der Waals surface area contributed by atoms with E-state index in [2.05, 4.69) is 18.5 Å². The van der Waals surface area contributed by atoms with E-state index >= 15 is 0 Å². The molecule has 1 fully saturated rings. The second kappa shape index (κ2) is 8.79. The Bertz CT molecular complexity index is 406. The first-order valence-corrected chi connectivity index (χ1v) is 9.57. The molecule has 0 bridgehead atoms. The van der Waals surface area contributed by atoms with Gasteiger partial charge in [0.1, 0.15) is 5.82 Å². The Labute approximate surface area is 133 Å². The van der Waals surface area contributed by atoms with Gasteiger partial charge in [-0.25, -0.2) is 4.39 Å². The minimum absolute atomic E-state index is 0.146. The van der Waals surface area contributed by atoms with Crippen LogP contribution in [-0.2, 0) is 0 Å². The van der Waals surface area contributed by atoms with Gasteiger partial charge in [0.25, 0.3) is 0 Å². The number of unbranched alkanes of at least 4 members (excludes halogenated alkanes) is 1. The van der Waals surface area contributed by atoms with Gasteiger partial charge < -0.3 is 5.32 Å². The monoisotopic (exact) mass is 309 g/mol. The molecule has 0 aliphatic heterocycles. The molecule has 21 heavy (non-hydrogen) atoms. The van der Waals surface area contributed by atoms with Crippen molar-refractivity contribution in [3.8, 4) is 0 Å². The molecule has 1 aliphatic rings. The lowest BCUT2D eigenvalue weighted by Crippen LogP contribution is -2.42.